The van der Waals surface area contributed by atoms with Crippen LogP contribution in [0.25, 0.3) is 5.57 Å². The highest BCUT2D eigenvalue weighted by Crippen LogP contribution is 2.37. The minimum Gasteiger partial charge on any atom is -0.478 e. The first kappa shape index (κ1) is 22.1. The number of halogens is 3. The molecule has 0 amide bonds. The Balaban J connectivity index is 1.75. The van der Waals surface area contributed by atoms with Crippen LogP contribution < -0.4 is 0 Å². The van der Waals surface area contributed by atoms with Crippen molar-refractivity contribution in [2.24, 2.45) is 0 Å². The van der Waals surface area contributed by atoms with E-state index in [2.05, 4.69) is 15.4 Å². The Hall–Kier alpha value is -3.74. The first-order valence-corrected chi connectivity index (χ1v) is 11.2. The van der Waals surface area contributed by atoms with Gasteiger partial charge in [-0.2, -0.15) is 0 Å². The number of hydrogen-bond acceptors (Lipinski definition) is 1. The van der Waals surface area contributed by atoms with Gasteiger partial charge in [-0.3, -0.25) is 0 Å². The van der Waals surface area contributed by atoms with Crippen molar-refractivity contribution < 1.29 is 32.2 Å². The molecule has 2 aromatic carbocycles. The average Bonchev–Trinajstić information content (AvgIpc) is 2.75. The van der Waals surface area contributed by atoms with Crippen LogP contribution in [0.5, 0.6) is 0 Å². The third-order valence-corrected chi connectivity index (χ3v) is 6.59. The summed E-state index contributed by atoms with van der Waals surface area (Å²) in [5, 5.41) is 9.74. The summed E-state index contributed by atoms with van der Waals surface area (Å²) in [6.07, 6.45) is 11.4. The van der Waals surface area contributed by atoms with Crippen molar-refractivity contribution in [2.75, 3.05) is 19.6 Å². The Morgan fingerprint density at radius 2 is 1.53 bits per heavy atom. The Bertz CT molecular complexity index is 1360. The second-order valence-electron chi connectivity index (χ2n) is 8.60. The van der Waals surface area contributed by atoms with Crippen molar-refractivity contribution in [3.63, 3.8) is 0 Å². The minimum atomic E-state index is -1.73. The van der Waals surface area contributed by atoms with Crippen molar-refractivity contribution in [1.29, 1.82) is 0 Å². The maximum absolute atomic E-state index is 15.5. The molecule has 1 aliphatic carbocycles. The predicted octanol–water partition coefficient (Wildman–Crippen LogP) is 5.01. The van der Waals surface area contributed by atoms with E-state index in [0.29, 0.717) is 11.1 Å². The van der Waals surface area contributed by atoms with E-state index in [4.69, 9.17) is 0 Å². The quantitative estimate of drug-likeness (QED) is 0.511. The lowest BCUT2D eigenvalue weighted by molar-refractivity contribution is -0.582. The Kier molecular flexibility index (Phi) is 5.55. The zero-order valence-corrected chi connectivity index (χ0v) is 18.6. The van der Waals surface area contributed by atoms with Crippen molar-refractivity contribution in [3.05, 3.63) is 93.8 Å². The lowest BCUT2D eigenvalue weighted by Gasteiger charge is -2.19. The Labute approximate surface area is 195 Å². The first-order chi connectivity index (χ1) is 16.4. The zero-order valence-electron chi connectivity index (χ0n) is 18.6. The van der Waals surface area contributed by atoms with Gasteiger partial charge in [-0.25, -0.2) is 27.1 Å². The molecular weight excluding hydrogens is 441 g/mol. The topological polar surface area (TPSA) is 43.3 Å². The van der Waals surface area contributed by atoms with Gasteiger partial charge in [0.25, 0.3) is 0 Å². The van der Waals surface area contributed by atoms with Gasteiger partial charge in [0.2, 0.25) is 5.69 Å². The number of rotatable bonds is 4. The van der Waals surface area contributed by atoms with E-state index in [-0.39, 0.29) is 5.57 Å². The Morgan fingerprint density at radius 1 is 0.882 bits per heavy atom. The molecule has 2 aliphatic heterocycles. The standard InChI is InChI=1S/C27H22F3N2O2/c1-16-24(28)22(23(27(33)34)26(30)25(16)29)21(17-4-8-19(9-5-17)31-12-2-13-31)18-6-10-20(11-7-18)32-14-3-15-32/h4-12H,2-3,13-15H2,1H3/q+1/p+1. The van der Waals surface area contributed by atoms with E-state index in [1.807, 2.05) is 24.3 Å². The van der Waals surface area contributed by atoms with Gasteiger partial charge in [0.15, 0.2) is 30.1 Å². The summed E-state index contributed by atoms with van der Waals surface area (Å²) in [7, 11) is 0. The molecule has 5 rings (SSSR count). The van der Waals surface area contributed by atoms with Crippen molar-refractivity contribution in [3.8, 4) is 0 Å². The van der Waals surface area contributed by atoms with Crippen LogP contribution in [0.1, 0.15) is 39.9 Å². The molecule has 0 radical (unpaired) electrons. The van der Waals surface area contributed by atoms with Gasteiger partial charge in [0, 0.05) is 41.0 Å². The highest BCUT2D eigenvalue weighted by atomic mass is 19.2. The monoisotopic (exact) mass is 464 g/mol. The molecule has 1 fully saturated rings. The lowest BCUT2D eigenvalue weighted by Crippen LogP contribution is -2.32. The molecule has 172 valence electrons. The average molecular weight is 464 g/mol. The zero-order chi connectivity index (χ0) is 24.0. The normalized spacial score (nSPS) is 16.8. The predicted molar refractivity (Wildman–Crippen MR) is 124 cm³/mol. The molecule has 7 heteroatoms. The molecule has 0 atom stereocenters. The summed E-state index contributed by atoms with van der Waals surface area (Å²) < 4.78 is 48.9. The summed E-state index contributed by atoms with van der Waals surface area (Å²) in [5.74, 6) is -5.87. The van der Waals surface area contributed by atoms with Gasteiger partial charge in [-0.15, -0.1) is 0 Å². The fraction of sp³-hybridized carbons (Fsp3) is 0.222. The number of carboxylic acids is 1. The molecule has 0 aromatic heterocycles. The summed E-state index contributed by atoms with van der Waals surface area (Å²) in [6.45, 7) is 3.90. The van der Waals surface area contributed by atoms with E-state index in [1.54, 1.807) is 24.3 Å². The molecule has 1 saturated heterocycles. The summed E-state index contributed by atoms with van der Waals surface area (Å²) >= 11 is 0. The van der Waals surface area contributed by atoms with Gasteiger partial charge < -0.3 is 5.11 Å². The number of carboxylic acid groups (broad SMARTS) is 1. The molecule has 2 aromatic rings. The van der Waals surface area contributed by atoms with Gasteiger partial charge >= 0.3 is 5.97 Å². The largest absolute Gasteiger partial charge is 0.478 e. The molecule has 0 saturated carbocycles. The molecule has 1 N–H and O–H groups in total. The maximum Gasteiger partial charge on any atom is 0.339 e. The van der Waals surface area contributed by atoms with E-state index >= 15 is 4.39 Å². The third kappa shape index (κ3) is 3.61. The second kappa shape index (κ2) is 8.56. The molecule has 3 aliphatic rings. The number of benzene rings is 2. The molecule has 0 spiro atoms. The molecule has 34 heavy (non-hydrogen) atoms. The fourth-order valence-corrected chi connectivity index (χ4v) is 4.39. The van der Waals surface area contributed by atoms with Crippen LogP contribution in [0.3, 0.4) is 0 Å². The molecule has 0 bridgehead atoms. The third-order valence-electron chi connectivity index (χ3n) is 6.59. The van der Waals surface area contributed by atoms with Crippen LogP contribution in [-0.4, -0.2) is 51.8 Å². The van der Waals surface area contributed by atoms with Crippen molar-refractivity contribution in [2.45, 2.75) is 19.8 Å². The summed E-state index contributed by atoms with van der Waals surface area (Å²) in [6, 6.07) is 7.21. The number of nitrogens with zero attached hydrogens (tertiary/aromatic N) is 2. The van der Waals surface area contributed by atoms with Crippen molar-refractivity contribution >= 4 is 29.2 Å². The highest BCUT2D eigenvalue weighted by Gasteiger charge is 2.31. The van der Waals surface area contributed by atoms with Crippen LogP contribution in [-0.2, 0) is 0 Å². The van der Waals surface area contributed by atoms with Crippen molar-refractivity contribution in [1.82, 2.24) is 0 Å². The van der Waals surface area contributed by atoms with E-state index in [9.17, 15) is 18.7 Å². The van der Waals surface area contributed by atoms with Crippen LogP contribution in [0, 0.1) is 24.4 Å². The van der Waals surface area contributed by atoms with Crippen LogP contribution >= 0.6 is 0 Å². The number of allylic oxidation sites excluding steroid dienone is 5. The first-order valence-electron chi connectivity index (χ1n) is 11.2. The van der Waals surface area contributed by atoms with E-state index in [0.717, 1.165) is 50.8 Å². The van der Waals surface area contributed by atoms with E-state index in [1.165, 1.54) is 0 Å². The van der Waals surface area contributed by atoms with Crippen LogP contribution in [0.15, 0.2) is 54.1 Å². The fourth-order valence-electron chi connectivity index (χ4n) is 4.39. The molecule has 2 heterocycles. The van der Waals surface area contributed by atoms with Crippen LogP contribution in [0.4, 0.5) is 18.9 Å². The van der Waals surface area contributed by atoms with E-state index < -0.39 is 40.1 Å². The maximum atomic E-state index is 15.5. The summed E-state index contributed by atoms with van der Waals surface area (Å²) in [4.78, 5) is 12.0. The van der Waals surface area contributed by atoms with Gasteiger partial charge in [-0.1, -0.05) is 0 Å². The Morgan fingerprint density at radius 3 is 2.03 bits per heavy atom. The molecule has 4 nitrogen and oxygen atoms in total. The number of hydrogen-bond donors (Lipinski definition) is 1. The molecular formula is C27H23F3N2O2+2. The number of carbonyl (C=O) groups is 1. The van der Waals surface area contributed by atoms with Gasteiger partial charge in [-0.05, 0) is 42.3 Å². The number of aromatic carboxylic acids is 1. The SMILES string of the molecule is Cc1c(F)c(F)c(C(=O)O)c(C(=C2C=CC(=[N+]3CCC3)C=C2)c2ccc([N+]3=CCC3)cc2)c1F. The summed E-state index contributed by atoms with van der Waals surface area (Å²) in [5.41, 5.74) is 1.14. The minimum absolute atomic E-state index is 0.200. The lowest BCUT2D eigenvalue weighted by atomic mass is 9.86. The smallest absolute Gasteiger partial charge is 0.339 e. The highest BCUT2D eigenvalue weighted by molar-refractivity contribution is 6.05. The van der Waals surface area contributed by atoms with Gasteiger partial charge in [0.1, 0.15) is 24.5 Å². The molecule has 0 unspecified atom stereocenters. The van der Waals surface area contributed by atoms with Crippen LogP contribution in [0.2, 0.25) is 0 Å². The van der Waals surface area contributed by atoms with Gasteiger partial charge in [0.05, 0.1) is 12.8 Å². The second-order valence-corrected chi connectivity index (χ2v) is 8.60.